The topological polar surface area (TPSA) is 56.1 Å². The van der Waals surface area contributed by atoms with E-state index in [-0.39, 0.29) is 11.2 Å². The first-order valence-electron chi connectivity index (χ1n) is 9.42. The number of nitrogens with zero attached hydrogens (tertiary/aromatic N) is 5. The van der Waals surface area contributed by atoms with Gasteiger partial charge in [0, 0.05) is 64.1 Å². The molecular weight excluding hydrogens is 357 g/mol. The highest BCUT2D eigenvalue weighted by molar-refractivity contribution is 5.54. The Hall–Kier alpha value is -2.80. The zero-order chi connectivity index (χ0) is 19.6. The number of benzene rings is 1. The summed E-state index contributed by atoms with van der Waals surface area (Å²) in [6.07, 6.45) is 9.01. The van der Waals surface area contributed by atoms with Gasteiger partial charge in [0.05, 0.1) is 5.56 Å². The van der Waals surface area contributed by atoms with E-state index in [1.165, 1.54) is 6.07 Å². The Kier molecular flexibility index (Phi) is 5.09. The molecule has 0 saturated carbocycles. The highest BCUT2D eigenvalue weighted by Gasteiger charge is 2.35. The molecule has 0 radical (unpaired) electrons. The Morgan fingerprint density at radius 1 is 1.14 bits per heavy atom. The van der Waals surface area contributed by atoms with Crippen LogP contribution in [0, 0.1) is 5.82 Å². The van der Waals surface area contributed by atoms with Crippen LogP contribution in [0.4, 0.5) is 10.3 Å². The van der Waals surface area contributed by atoms with Gasteiger partial charge in [0.2, 0.25) is 5.95 Å². The summed E-state index contributed by atoms with van der Waals surface area (Å²) in [4.78, 5) is 15.2. The van der Waals surface area contributed by atoms with Crippen LogP contribution in [0.2, 0.25) is 0 Å². The number of rotatable bonds is 5. The van der Waals surface area contributed by atoms with E-state index in [1.807, 2.05) is 31.3 Å². The maximum atomic E-state index is 13.9. The first-order chi connectivity index (χ1) is 13.6. The van der Waals surface area contributed by atoms with Crippen LogP contribution in [0.5, 0.6) is 0 Å². The lowest BCUT2D eigenvalue weighted by Crippen LogP contribution is -2.38. The molecule has 28 heavy (non-hydrogen) atoms. The first-order valence-corrected chi connectivity index (χ1v) is 9.42. The fraction of sp³-hybridized carbons (Fsp3) is 0.381. The zero-order valence-electron chi connectivity index (χ0n) is 16.2. The molecule has 0 amide bonds. The van der Waals surface area contributed by atoms with E-state index in [0.29, 0.717) is 25.7 Å². The summed E-state index contributed by atoms with van der Waals surface area (Å²) in [5, 5.41) is 0. The van der Waals surface area contributed by atoms with E-state index in [1.54, 1.807) is 30.7 Å². The quantitative estimate of drug-likeness (QED) is 0.679. The van der Waals surface area contributed by atoms with Gasteiger partial charge in [-0.2, -0.15) is 0 Å². The first kappa shape index (κ1) is 18.6. The number of aromatic nitrogens is 4. The fourth-order valence-electron chi connectivity index (χ4n) is 3.81. The molecule has 0 bridgehead atoms. The molecule has 1 aliphatic heterocycles. The lowest BCUT2D eigenvalue weighted by atomic mass is 9.74. The Bertz CT molecular complexity index is 932. The molecule has 0 spiro atoms. The van der Waals surface area contributed by atoms with Crippen molar-refractivity contribution in [3.63, 3.8) is 0 Å². The predicted molar refractivity (Wildman–Crippen MR) is 106 cm³/mol. The molecule has 4 rings (SSSR count). The van der Waals surface area contributed by atoms with E-state index < -0.39 is 0 Å². The van der Waals surface area contributed by atoms with Gasteiger partial charge in [0.15, 0.2) is 0 Å². The smallest absolute Gasteiger partial charge is 0.224 e. The minimum atomic E-state index is -0.207. The van der Waals surface area contributed by atoms with Gasteiger partial charge in [-0.3, -0.25) is 0 Å². The summed E-state index contributed by atoms with van der Waals surface area (Å²) in [6, 6.07) is 6.93. The van der Waals surface area contributed by atoms with Crippen molar-refractivity contribution in [2.75, 3.05) is 32.2 Å². The molecule has 0 unspecified atom stereocenters. The fourth-order valence-corrected chi connectivity index (χ4v) is 3.81. The Morgan fingerprint density at radius 2 is 1.89 bits per heavy atom. The maximum Gasteiger partial charge on any atom is 0.224 e. The van der Waals surface area contributed by atoms with Gasteiger partial charge in [-0.25, -0.2) is 19.3 Å². The van der Waals surface area contributed by atoms with Gasteiger partial charge >= 0.3 is 0 Å². The third-order valence-electron chi connectivity index (χ3n) is 5.37. The molecule has 6 nitrogen and oxygen atoms in total. The Morgan fingerprint density at radius 3 is 2.57 bits per heavy atom. The average molecular weight is 381 g/mol. The molecule has 1 aliphatic rings. The van der Waals surface area contributed by atoms with Gasteiger partial charge in [-0.05, 0) is 30.5 Å². The highest BCUT2D eigenvalue weighted by Crippen LogP contribution is 2.37. The third-order valence-corrected chi connectivity index (χ3v) is 5.37. The average Bonchev–Trinajstić information content (AvgIpc) is 3.16. The number of hydrogen-bond acceptors (Lipinski definition) is 5. The van der Waals surface area contributed by atoms with E-state index in [2.05, 4.69) is 19.5 Å². The molecule has 7 heteroatoms. The SMILES string of the molecule is CN(C)c1ncc(-c2nccn2CC2(c3cccc(F)c3)CCOCC2)cn1. The predicted octanol–water partition coefficient (Wildman–Crippen LogP) is 3.29. The van der Waals surface area contributed by atoms with Crippen molar-refractivity contribution < 1.29 is 9.13 Å². The van der Waals surface area contributed by atoms with Crippen LogP contribution in [0.1, 0.15) is 18.4 Å². The third kappa shape index (κ3) is 3.62. The molecule has 146 valence electrons. The van der Waals surface area contributed by atoms with Crippen LogP contribution in [0.25, 0.3) is 11.4 Å². The summed E-state index contributed by atoms with van der Waals surface area (Å²) in [6.45, 7) is 2.03. The maximum absolute atomic E-state index is 13.9. The molecule has 1 saturated heterocycles. The summed E-state index contributed by atoms with van der Waals surface area (Å²) in [7, 11) is 3.81. The monoisotopic (exact) mass is 381 g/mol. The lowest BCUT2D eigenvalue weighted by Gasteiger charge is -2.38. The van der Waals surface area contributed by atoms with Gasteiger partial charge in [-0.1, -0.05) is 12.1 Å². The van der Waals surface area contributed by atoms with Crippen molar-refractivity contribution in [3.05, 3.63) is 60.4 Å². The number of imidazole rings is 1. The van der Waals surface area contributed by atoms with Crippen LogP contribution >= 0.6 is 0 Å². The number of halogens is 1. The van der Waals surface area contributed by atoms with Crippen LogP contribution in [-0.2, 0) is 16.7 Å². The molecule has 1 fully saturated rings. The number of ether oxygens (including phenoxy) is 1. The lowest BCUT2D eigenvalue weighted by molar-refractivity contribution is 0.0435. The van der Waals surface area contributed by atoms with Gasteiger partial charge in [0.25, 0.3) is 0 Å². The van der Waals surface area contributed by atoms with Crippen LogP contribution in [0.15, 0.2) is 49.1 Å². The van der Waals surface area contributed by atoms with Crippen LogP contribution in [-0.4, -0.2) is 46.8 Å². The largest absolute Gasteiger partial charge is 0.381 e. The summed E-state index contributed by atoms with van der Waals surface area (Å²) >= 11 is 0. The molecule has 2 aromatic heterocycles. The Balaban J connectivity index is 1.68. The van der Waals surface area contributed by atoms with E-state index in [4.69, 9.17) is 4.74 Å². The minimum absolute atomic E-state index is 0.194. The standard InChI is InChI=1S/C21H24FN5O/c1-26(2)20-24-13-16(14-25-20)19-23-8-9-27(19)15-21(6-10-28-11-7-21)17-4-3-5-18(22)12-17/h3-5,8-9,12-14H,6-7,10-11,15H2,1-2H3. The second kappa shape index (κ2) is 7.67. The second-order valence-electron chi connectivity index (χ2n) is 7.45. The normalized spacial score (nSPS) is 16.1. The molecule has 0 aliphatic carbocycles. The summed E-state index contributed by atoms with van der Waals surface area (Å²) < 4.78 is 21.7. The van der Waals surface area contributed by atoms with Gasteiger partial charge in [0.1, 0.15) is 11.6 Å². The minimum Gasteiger partial charge on any atom is -0.381 e. The highest BCUT2D eigenvalue weighted by atomic mass is 19.1. The van der Waals surface area contributed by atoms with E-state index in [9.17, 15) is 4.39 Å². The van der Waals surface area contributed by atoms with E-state index in [0.717, 1.165) is 29.8 Å². The van der Waals surface area contributed by atoms with Crippen LogP contribution in [0.3, 0.4) is 0 Å². The molecular formula is C21H24FN5O. The van der Waals surface area contributed by atoms with Crippen LogP contribution < -0.4 is 4.90 Å². The molecule has 0 atom stereocenters. The second-order valence-corrected chi connectivity index (χ2v) is 7.45. The zero-order valence-corrected chi connectivity index (χ0v) is 16.2. The van der Waals surface area contributed by atoms with Crippen molar-refractivity contribution in [3.8, 4) is 11.4 Å². The summed E-state index contributed by atoms with van der Waals surface area (Å²) in [5.41, 5.74) is 1.67. The van der Waals surface area contributed by atoms with Crippen molar-refractivity contribution in [2.24, 2.45) is 0 Å². The van der Waals surface area contributed by atoms with Crippen molar-refractivity contribution in [2.45, 2.75) is 24.8 Å². The Labute approximate surface area is 164 Å². The van der Waals surface area contributed by atoms with Crippen molar-refractivity contribution in [1.29, 1.82) is 0 Å². The van der Waals surface area contributed by atoms with Crippen molar-refractivity contribution >= 4 is 5.95 Å². The van der Waals surface area contributed by atoms with E-state index >= 15 is 0 Å². The van der Waals surface area contributed by atoms with Gasteiger partial charge < -0.3 is 14.2 Å². The number of anilines is 1. The molecule has 1 aromatic carbocycles. The molecule has 3 aromatic rings. The number of hydrogen-bond donors (Lipinski definition) is 0. The summed E-state index contributed by atoms with van der Waals surface area (Å²) in [5.74, 6) is 1.26. The molecule has 3 heterocycles. The van der Waals surface area contributed by atoms with Crippen molar-refractivity contribution in [1.82, 2.24) is 19.5 Å². The molecule has 0 N–H and O–H groups in total. The van der Waals surface area contributed by atoms with Gasteiger partial charge in [-0.15, -0.1) is 0 Å².